The summed E-state index contributed by atoms with van der Waals surface area (Å²) in [6.45, 7) is 0. The maximum atomic E-state index is 13.4. The molecule has 6 nitrogen and oxygen atoms in total. The van der Waals surface area contributed by atoms with Crippen molar-refractivity contribution in [3.05, 3.63) is 88.4 Å². The molecule has 30 heavy (non-hydrogen) atoms. The molecule has 0 spiro atoms. The quantitative estimate of drug-likeness (QED) is 0.486. The number of rotatable bonds is 4. The van der Waals surface area contributed by atoms with E-state index < -0.39 is 0 Å². The first kappa shape index (κ1) is 18.4. The fourth-order valence-corrected chi connectivity index (χ4v) is 4.28. The predicted molar refractivity (Wildman–Crippen MR) is 117 cm³/mol. The second-order valence-corrected chi connectivity index (χ2v) is 7.74. The highest BCUT2D eigenvalue weighted by Gasteiger charge is 2.34. The number of carbonyl (C=O) groups excluding carboxylic acids is 1. The highest BCUT2D eigenvalue weighted by molar-refractivity contribution is 7.08. The molecule has 0 N–H and O–H groups in total. The Morgan fingerprint density at radius 1 is 1.07 bits per heavy atom. The first-order chi connectivity index (χ1) is 14.7. The third-order valence-corrected chi connectivity index (χ3v) is 5.87. The summed E-state index contributed by atoms with van der Waals surface area (Å²) in [5, 5.41) is 10.4. The number of hydrogen-bond acceptors (Lipinski definition) is 6. The smallest absolute Gasteiger partial charge is 0.274 e. The first-order valence-electron chi connectivity index (χ1n) is 9.51. The Morgan fingerprint density at radius 3 is 2.60 bits per heavy atom. The molecule has 0 fully saturated rings. The summed E-state index contributed by atoms with van der Waals surface area (Å²) in [5.74, 6) is 0.562. The van der Waals surface area contributed by atoms with Gasteiger partial charge in [-0.15, -0.1) is 0 Å². The van der Waals surface area contributed by atoms with Crippen LogP contribution >= 0.6 is 11.3 Å². The largest absolute Gasteiger partial charge is 0.497 e. The molecule has 2 aromatic carbocycles. The van der Waals surface area contributed by atoms with Gasteiger partial charge in [0.05, 0.1) is 29.9 Å². The summed E-state index contributed by atoms with van der Waals surface area (Å²) >= 11 is 1.62. The molecule has 5 rings (SSSR count). The number of hydrazone groups is 1. The predicted octanol–water partition coefficient (Wildman–Crippen LogP) is 4.69. The summed E-state index contributed by atoms with van der Waals surface area (Å²) < 4.78 is 5.21. The van der Waals surface area contributed by atoms with E-state index in [1.54, 1.807) is 60.1 Å². The molecule has 2 aromatic heterocycles. The Labute approximate surface area is 177 Å². The molecule has 0 saturated heterocycles. The Bertz CT molecular complexity index is 1240. The number of nitrogens with zero attached hydrogens (tertiary/aromatic N) is 4. The topological polar surface area (TPSA) is 67.7 Å². The Kier molecular flexibility index (Phi) is 4.72. The van der Waals surface area contributed by atoms with Crippen molar-refractivity contribution in [3.8, 4) is 5.75 Å². The van der Waals surface area contributed by atoms with Crippen LogP contribution in [0.1, 0.15) is 33.9 Å². The van der Waals surface area contributed by atoms with Gasteiger partial charge in [-0.3, -0.25) is 14.8 Å². The molecule has 1 amide bonds. The van der Waals surface area contributed by atoms with Crippen LogP contribution in [-0.2, 0) is 0 Å². The van der Waals surface area contributed by atoms with Crippen molar-refractivity contribution in [3.63, 3.8) is 0 Å². The number of aromatic nitrogens is 2. The lowest BCUT2D eigenvalue weighted by Crippen LogP contribution is -2.27. The number of benzene rings is 2. The van der Waals surface area contributed by atoms with Crippen molar-refractivity contribution in [2.75, 3.05) is 7.11 Å². The van der Waals surface area contributed by atoms with Crippen LogP contribution in [0.4, 0.5) is 0 Å². The van der Waals surface area contributed by atoms with Crippen LogP contribution in [0.25, 0.3) is 11.0 Å². The number of ether oxygens (including phenoxy) is 1. The molecule has 0 radical (unpaired) electrons. The van der Waals surface area contributed by atoms with Gasteiger partial charge in [-0.25, -0.2) is 5.01 Å². The van der Waals surface area contributed by atoms with Gasteiger partial charge in [-0.05, 0) is 58.8 Å². The molecule has 1 aliphatic rings. The Balaban J connectivity index is 1.54. The van der Waals surface area contributed by atoms with E-state index in [-0.39, 0.29) is 11.9 Å². The molecular weight excluding hydrogens is 396 g/mol. The molecule has 148 valence electrons. The van der Waals surface area contributed by atoms with Gasteiger partial charge < -0.3 is 4.74 Å². The van der Waals surface area contributed by atoms with E-state index in [2.05, 4.69) is 15.3 Å². The van der Waals surface area contributed by atoms with Crippen LogP contribution < -0.4 is 4.74 Å². The second kappa shape index (κ2) is 7.68. The van der Waals surface area contributed by atoms with Crippen LogP contribution in [-0.4, -0.2) is 33.7 Å². The summed E-state index contributed by atoms with van der Waals surface area (Å²) in [6, 6.07) is 14.9. The highest BCUT2D eigenvalue weighted by Crippen LogP contribution is 2.35. The van der Waals surface area contributed by atoms with Gasteiger partial charge in [-0.1, -0.05) is 6.07 Å². The zero-order chi connectivity index (χ0) is 20.5. The number of methoxy groups -OCH3 is 1. The van der Waals surface area contributed by atoms with Gasteiger partial charge in [0.2, 0.25) is 0 Å². The number of hydrogen-bond donors (Lipinski definition) is 0. The molecule has 4 aromatic rings. The van der Waals surface area contributed by atoms with Gasteiger partial charge in [0.15, 0.2) is 0 Å². The number of thiophene rings is 1. The third kappa shape index (κ3) is 3.33. The highest BCUT2D eigenvalue weighted by atomic mass is 32.1. The van der Waals surface area contributed by atoms with Gasteiger partial charge in [0.25, 0.3) is 5.91 Å². The lowest BCUT2D eigenvalue weighted by atomic mass is 9.98. The van der Waals surface area contributed by atoms with E-state index in [9.17, 15) is 4.79 Å². The molecule has 1 aliphatic heterocycles. The molecule has 0 aliphatic carbocycles. The van der Waals surface area contributed by atoms with Crippen LogP contribution in [0.5, 0.6) is 5.75 Å². The standard InChI is InChI=1S/C23H18N4O2S/c1-29-18-5-2-15(3-6-18)23(28)27-22(13-20(26-27)17-8-11-30-14-17)16-4-7-19-21(12-16)25-10-9-24-19/h2-12,14,22H,13H2,1H3/t22-/m0/s1. The molecule has 3 heterocycles. The normalized spacial score (nSPS) is 16.0. The monoisotopic (exact) mass is 414 g/mol. The van der Waals surface area contributed by atoms with E-state index in [1.807, 2.05) is 29.6 Å². The summed E-state index contributed by atoms with van der Waals surface area (Å²) in [6.07, 6.45) is 3.99. The minimum absolute atomic E-state index is 0.146. The maximum absolute atomic E-state index is 13.4. The number of fused-ring (bicyclic) bond motifs is 1. The summed E-state index contributed by atoms with van der Waals surface area (Å²) in [7, 11) is 1.60. The number of amides is 1. The number of carbonyl (C=O) groups is 1. The molecule has 0 unspecified atom stereocenters. The Hall–Kier alpha value is -3.58. The second-order valence-electron chi connectivity index (χ2n) is 6.96. The van der Waals surface area contributed by atoms with Crippen LogP contribution in [0.3, 0.4) is 0 Å². The van der Waals surface area contributed by atoms with E-state index >= 15 is 0 Å². The zero-order valence-corrected chi connectivity index (χ0v) is 17.0. The lowest BCUT2D eigenvalue weighted by Gasteiger charge is -2.22. The van der Waals surface area contributed by atoms with Crippen molar-refractivity contribution in [1.29, 1.82) is 0 Å². The third-order valence-electron chi connectivity index (χ3n) is 5.19. The van der Waals surface area contributed by atoms with E-state index in [4.69, 9.17) is 9.84 Å². The SMILES string of the molecule is COc1ccc(C(=O)N2N=C(c3ccsc3)C[C@H]2c2ccc3nccnc3c2)cc1. The summed E-state index contributed by atoms with van der Waals surface area (Å²) in [4.78, 5) is 22.1. The summed E-state index contributed by atoms with van der Waals surface area (Å²) in [5.41, 5.74) is 5.13. The van der Waals surface area contributed by atoms with Crippen molar-refractivity contribution in [2.24, 2.45) is 5.10 Å². The van der Waals surface area contributed by atoms with Gasteiger partial charge in [0, 0.05) is 29.9 Å². The average Bonchev–Trinajstić information content (AvgIpc) is 3.48. The minimum Gasteiger partial charge on any atom is -0.497 e. The van der Waals surface area contributed by atoms with Gasteiger partial charge >= 0.3 is 0 Å². The molecular formula is C23H18N4O2S. The van der Waals surface area contributed by atoms with Crippen molar-refractivity contribution in [2.45, 2.75) is 12.5 Å². The van der Waals surface area contributed by atoms with Gasteiger partial charge in [0.1, 0.15) is 5.75 Å². The molecule has 0 saturated carbocycles. The first-order valence-corrected chi connectivity index (χ1v) is 10.5. The molecule has 0 bridgehead atoms. The Morgan fingerprint density at radius 2 is 1.87 bits per heavy atom. The minimum atomic E-state index is -0.207. The molecule has 7 heteroatoms. The van der Waals surface area contributed by atoms with E-state index in [0.29, 0.717) is 17.7 Å². The van der Waals surface area contributed by atoms with Gasteiger partial charge in [-0.2, -0.15) is 16.4 Å². The van der Waals surface area contributed by atoms with Crippen molar-refractivity contribution < 1.29 is 9.53 Å². The fraction of sp³-hybridized carbons (Fsp3) is 0.130. The average molecular weight is 414 g/mol. The zero-order valence-electron chi connectivity index (χ0n) is 16.2. The fourth-order valence-electron chi connectivity index (χ4n) is 3.61. The van der Waals surface area contributed by atoms with Crippen LogP contribution in [0.15, 0.2) is 76.8 Å². The lowest BCUT2D eigenvalue weighted by molar-refractivity contribution is 0.0711. The van der Waals surface area contributed by atoms with E-state index in [1.165, 1.54) is 0 Å². The van der Waals surface area contributed by atoms with Crippen molar-refractivity contribution >= 4 is 34.0 Å². The van der Waals surface area contributed by atoms with Crippen molar-refractivity contribution in [1.82, 2.24) is 15.0 Å². The molecule has 1 atom stereocenters. The van der Waals surface area contributed by atoms with Crippen LogP contribution in [0.2, 0.25) is 0 Å². The maximum Gasteiger partial charge on any atom is 0.274 e. The van der Waals surface area contributed by atoms with E-state index in [0.717, 1.165) is 27.9 Å². The van der Waals surface area contributed by atoms with Crippen LogP contribution in [0, 0.1) is 0 Å².